The van der Waals surface area contributed by atoms with Gasteiger partial charge in [-0.15, -0.1) is 0 Å². The van der Waals surface area contributed by atoms with Crippen molar-refractivity contribution < 1.29 is 14.3 Å². The van der Waals surface area contributed by atoms with Crippen LogP contribution in [0.1, 0.15) is 10.4 Å². The monoisotopic (exact) mass is 341 g/mol. The molecule has 1 heterocycles. The lowest BCUT2D eigenvalue weighted by atomic mass is 10.2. The summed E-state index contributed by atoms with van der Waals surface area (Å²) in [6.45, 7) is -0.123. The minimum absolute atomic E-state index is 0.123. The van der Waals surface area contributed by atoms with Gasteiger partial charge in [-0.2, -0.15) is 0 Å². The van der Waals surface area contributed by atoms with Gasteiger partial charge in [-0.1, -0.05) is 23.5 Å². The molecule has 122 valence electrons. The van der Waals surface area contributed by atoms with Gasteiger partial charge in [0.15, 0.2) is 11.7 Å². The van der Waals surface area contributed by atoms with E-state index in [-0.39, 0.29) is 12.5 Å². The van der Waals surface area contributed by atoms with Crippen molar-refractivity contribution >= 4 is 38.5 Å². The molecular formula is C17H15N3O3S. The predicted octanol–water partition coefficient (Wildman–Crippen LogP) is 2.44. The van der Waals surface area contributed by atoms with Gasteiger partial charge in [-0.25, -0.2) is 4.98 Å². The number of carbonyl (C=O) groups excluding carboxylic acids is 2. The van der Waals surface area contributed by atoms with Crippen molar-refractivity contribution in [1.82, 2.24) is 4.98 Å². The van der Waals surface area contributed by atoms with Gasteiger partial charge in [-0.3, -0.25) is 14.5 Å². The lowest BCUT2D eigenvalue weighted by molar-refractivity contribution is -0.120. The SMILES string of the molecule is CN(C(=O)COc1ccc(C(N)=O)cc1)c1nc2ccccc2s1. The maximum absolute atomic E-state index is 12.3. The van der Waals surface area contributed by atoms with Crippen molar-refractivity contribution in [2.45, 2.75) is 0 Å². The van der Waals surface area contributed by atoms with Crippen molar-refractivity contribution in [1.29, 1.82) is 0 Å². The highest BCUT2D eigenvalue weighted by Crippen LogP contribution is 2.27. The quantitative estimate of drug-likeness (QED) is 0.772. The fourth-order valence-electron chi connectivity index (χ4n) is 2.07. The Labute approximate surface area is 142 Å². The number of primary amides is 1. The molecule has 0 aliphatic heterocycles. The summed E-state index contributed by atoms with van der Waals surface area (Å²) in [7, 11) is 1.67. The molecule has 0 saturated carbocycles. The summed E-state index contributed by atoms with van der Waals surface area (Å²) in [5, 5.41) is 0.619. The molecule has 2 aromatic carbocycles. The molecule has 0 saturated heterocycles. The molecule has 0 atom stereocenters. The van der Waals surface area contributed by atoms with Crippen LogP contribution in [0, 0.1) is 0 Å². The lowest BCUT2D eigenvalue weighted by Crippen LogP contribution is -2.31. The number of aromatic nitrogens is 1. The Kier molecular flexibility index (Phi) is 4.43. The van der Waals surface area contributed by atoms with Gasteiger partial charge in [0, 0.05) is 12.6 Å². The number of nitrogens with zero attached hydrogens (tertiary/aromatic N) is 2. The largest absolute Gasteiger partial charge is 0.484 e. The van der Waals surface area contributed by atoms with Gasteiger partial charge in [0.25, 0.3) is 5.91 Å². The van der Waals surface area contributed by atoms with E-state index in [4.69, 9.17) is 10.5 Å². The van der Waals surface area contributed by atoms with Crippen LogP contribution in [0.15, 0.2) is 48.5 Å². The predicted molar refractivity (Wildman–Crippen MR) is 93.5 cm³/mol. The molecule has 0 fully saturated rings. The average molecular weight is 341 g/mol. The Balaban J connectivity index is 1.64. The lowest BCUT2D eigenvalue weighted by Gasteiger charge is -2.14. The maximum Gasteiger partial charge on any atom is 0.266 e. The summed E-state index contributed by atoms with van der Waals surface area (Å²) in [4.78, 5) is 29.2. The highest BCUT2D eigenvalue weighted by Gasteiger charge is 2.16. The van der Waals surface area contributed by atoms with Crippen molar-refractivity contribution in [2.75, 3.05) is 18.6 Å². The summed E-state index contributed by atoms with van der Waals surface area (Å²) in [6.07, 6.45) is 0. The number of carbonyl (C=O) groups is 2. The normalized spacial score (nSPS) is 10.5. The summed E-state index contributed by atoms with van der Waals surface area (Å²) in [6, 6.07) is 14.0. The molecule has 24 heavy (non-hydrogen) atoms. The van der Waals surface area contributed by atoms with Crippen LogP contribution in [-0.2, 0) is 4.79 Å². The van der Waals surface area contributed by atoms with E-state index in [1.807, 2.05) is 24.3 Å². The first kappa shape index (κ1) is 15.9. The van der Waals surface area contributed by atoms with Gasteiger partial charge < -0.3 is 10.5 Å². The average Bonchev–Trinajstić information content (AvgIpc) is 3.03. The number of hydrogen-bond donors (Lipinski definition) is 1. The van der Waals surface area contributed by atoms with Crippen molar-refractivity contribution in [3.63, 3.8) is 0 Å². The molecule has 0 unspecified atom stereocenters. The molecule has 0 radical (unpaired) electrons. The van der Waals surface area contributed by atoms with Gasteiger partial charge >= 0.3 is 0 Å². The van der Waals surface area contributed by atoms with Crippen LogP contribution >= 0.6 is 11.3 Å². The maximum atomic E-state index is 12.3. The van der Waals surface area contributed by atoms with Crippen LogP contribution in [0.2, 0.25) is 0 Å². The second-order valence-electron chi connectivity index (χ2n) is 5.09. The minimum Gasteiger partial charge on any atom is -0.484 e. The van der Waals surface area contributed by atoms with Gasteiger partial charge in [0.1, 0.15) is 5.75 Å². The zero-order valence-electron chi connectivity index (χ0n) is 12.9. The van der Waals surface area contributed by atoms with E-state index in [0.29, 0.717) is 16.4 Å². The number of amides is 2. The zero-order chi connectivity index (χ0) is 17.1. The molecule has 6 nitrogen and oxygen atoms in total. The molecule has 3 rings (SSSR count). The van der Waals surface area contributed by atoms with Gasteiger partial charge in [-0.05, 0) is 36.4 Å². The molecule has 3 aromatic rings. The third kappa shape index (κ3) is 3.36. The Morgan fingerprint density at radius 2 is 1.88 bits per heavy atom. The Bertz CT molecular complexity index is 856. The molecule has 2 amide bonds. The number of hydrogen-bond acceptors (Lipinski definition) is 5. The molecule has 1 aromatic heterocycles. The Hall–Kier alpha value is -2.93. The Morgan fingerprint density at radius 1 is 1.17 bits per heavy atom. The van der Waals surface area contributed by atoms with Crippen LogP contribution in [0.25, 0.3) is 10.2 Å². The number of nitrogens with two attached hydrogens (primary N) is 1. The zero-order valence-corrected chi connectivity index (χ0v) is 13.7. The molecule has 0 aliphatic rings. The van der Waals surface area contributed by atoms with Gasteiger partial charge in [0.2, 0.25) is 5.91 Å². The van der Waals surface area contributed by atoms with E-state index in [9.17, 15) is 9.59 Å². The van der Waals surface area contributed by atoms with E-state index in [0.717, 1.165) is 10.2 Å². The smallest absolute Gasteiger partial charge is 0.266 e. The number of rotatable bonds is 5. The Morgan fingerprint density at radius 3 is 2.54 bits per heavy atom. The van der Waals surface area contributed by atoms with Crippen molar-refractivity contribution in [3.8, 4) is 5.75 Å². The van der Waals surface area contributed by atoms with Crippen LogP contribution in [0.4, 0.5) is 5.13 Å². The number of likely N-dealkylation sites (N-methyl/N-ethyl adjacent to an activating group) is 1. The first-order valence-corrected chi connectivity index (χ1v) is 8.01. The number of benzene rings is 2. The van der Waals surface area contributed by atoms with E-state index < -0.39 is 5.91 Å². The van der Waals surface area contributed by atoms with Gasteiger partial charge in [0.05, 0.1) is 10.2 Å². The standard InChI is InChI=1S/C17H15N3O3S/c1-20(17-19-13-4-2-3-5-14(13)24-17)15(21)10-23-12-8-6-11(7-9-12)16(18)22/h2-9H,10H2,1H3,(H2,18,22). The molecule has 0 spiro atoms. The molecule has 7 heteroatoms. The van der Waals surface area contributed by atoms with Crippen LogP contribution < -0.4 is 15.4 Å². The fraction of sp³-hybridized carbons (Fsp3) is 0.118. The topological polar surface area (TPSA) is 85.5 Å². The van der Waals surface area contributed by atoms with Crippen LogP contribution in [0.3, 0.4) is 0 Å². The summed E-state index contributed by atoms with van der Waals surface area (Å²) in [5.74, 6) is -0.229. The highest BCUT2D eigenvalue weighted by atomic mass is 32.1. The molecular weight excluding hydrogens is 326 g/mol. The van der Waals surface area contributed by atoms with E-state index in [1.54, 1.807) is 31.3 Å². The summed E-state index contributed by atoms with van der Waals surface area (Å²) in [5.41, 5.74) is 6.43. The van der Waals surface area contributed by atoms with Crippen molar-refractivity contribution in [2.24, 2.45) is 5.73 Å². The second kappa shape index (κ2) is 6.67. The van der Waals surface area contributed by atoms with E-state index in [1.165, 1.54) is 16.2 Å². The summed E-state index contributed by atoms with van der Waals surface area (Å²) < 4.78 is 6.48. The summed E-state index contributed by atoms with van der Waals surface area (Å²) >= 11 is 1.45. The second-order valence-corrected chi connectivity index (χ2v) is 6.10. The van der Waals surface area contributed by atoms with E-state index >= 15 is 0 Å². The number of ether oxygens (including phenoxy) is 1. The third-order valence-corrected chi connectivity index (χ3v) is 4.56. The molecule has 2 N–H and O–H groups in total. The minimum atomic E-state index is -0.506. The van der Waals surface area contributed by atoms with E-state index in [2.05, 4.69) is 4.98 Å². The number of para-hydroxylation sites is 1. The highest BCUT2D eigenvalue weighted by molar-refractivity contribution is 7.22. The number of anilines is 1. The first-order valence-electron chi connectivity index (χ1n) is 7.19. The molecule has 0 aliphatic carbocycles. The van der Waals surface area contributed by atoms with Crippen LogP contribution in [-0.4, -0.2) is 30.5 Å². The van der Waals surface area contributed by atoms with Crippen LogP contribution in [0.5, 0.6) is 5.75 Å². The fourth-order valence-corrected chi connectivity index (χ4v) is 3.01. The third-order valence-electron chi connectivity index (χ3n) is 3.44. The molecule has 0 bridgehead atoms. The number of fused-ring (bicyclic) bond motifs is 1. The first-order chi connectivity index (χ1) is 11.5. The van der Waals surface area contributed by atoms with Crippen molar-refractivity contribution in [3.05, 3.63) is 54.1 Å². The number of thiazole rings is 1.